The second kappa shape index (κ2) is 9.93. The Labute approximate surface area is 171 Å². The van der Waals surface area contributed by atoms with Gasteiger partial charge in [-0.1, -0.05) is 0 Å². The van der Waals surface area contributed by atoms with Crippen molar-refractivity contribution in [1.29, 1.82) is 0 Å². The zero-order valence-electron chi connectivity index (χ0n) is 16.9. The Bertz CT molecular complexity index is 686. The summed E-state index contributed by atoms with van der Waals surface area (Å²) in [6, 6.07) is 3.86. The fourth-order valence-electron chi connectivity index (χ4n) is 2.87. The normalized spacial score (nSPS) is 19.4. The van der Waals surface area contributed by atoms with Crippen molar-refractivity contribution in [3.63, 3.8) is 0 Å². The van der Waals surface area contributed by atoms with Gasteiger partial charge >= 0.3 is 12.2 Å². The molecule has 2 rings (SSSR count). The van der Waals surface area contributed by atoms with Gasteiger partial charge in [0.25, 0.3) is 0 Å². The Morgan fingerprint density at radius 2 is 1.86 bits per heavy atom. The topological polar surface area (TPSA) is 79.9 Å². The second-order valence-electron chi connectivity index (χ2n) is 7.84. The fourth-order valence-corrected chi connectivity index (χ4v) is 2.87. The van der Waals surface area contributed by atoms with E-state index < -0.39 is 23.5 Å². The molecule has 158 valence electrons. The zero-order chi connectivity index (χ0) is 20.2. The summed E-state index contributed by atoms with van der Waals surface area (Å²) in [6.07, 6.45) is -1.13. The van der Waals surface area contributed by atoms with Gasteiger partial charge in [-0.25, -0.2) is 14.0 Å². The maximum atomic E-state index is 14.1. The van der Waals surface area contributed by atoms with Crippen molar-refractivity contribution in [2.45, 2.75) is 58.8 Å². The van der Waals surface area contributed by atoms with Gasteiger partial charge in [0.05, 0.1) is 0 Å². The van der Waals surface area contributed by atoms with E-state index in [2.05, 4.69) is 10.6 Å². The lowest BCUT2D eigenvalue weighted by Crippen LogP contribution is -2.57. The van der Waals surface area contributed by atoms with Crippen LogP contribution in [0.4, 0.5) is 14.0 Å². The first kappa shape index (κ1) is 24.0. The number of benzene rings is 1. The monoisotopic (exact) mass is 417 g/mol. The summed E-state index contributed by atoms with van der Waals surface area (Å²) >= 11 is 0. The first-order valence-electron chi connectivity index (χ1n) is 9.01. The minimum absolute atomic E-state index is 0. The fraction of sp³-hybridized carbons (Fsp3) is 0.579. The molecule has 2 amide bonds. The minimum Gasteiger partial charge on any atom is -0.444 e. The van der Waals surface area contributed by atoms with E-state index in [1.54, 1.807) is 4.90 Å². The molecule has 0 saturated carbocycles. The Balaban J connectivity index is 0.00000392. The van der Waals surface area contributed by atoms with Crippen molar-refractivity contribution in [2.75, 3.05) is 13.1 Å². The average Bonchev–Trinajstić information content (AvgIpc) is 2.53. The van der Waals surface area contributed by atoms with Crippen molar-refractivity contribution in [3.05, 3.63) is 29.6 Å². The molecule has 0 aromatic heterocycles. The molecule has 1 fully saturated rings. The summed E-state index contributed by atoms with van der Waals surface area (Å²) in [7, 11) is 0. The molecule has 1 saturated heterocycles. The molecular formula is C19H29ClFN3O4. The molecule has 7 nitrogen and oxygen atoms in total. The van der Waals surface area contributed by atoms with E-state index in [1.807, 2.05) is 34.6 Å². The highest BCUT2D eigenvalue weighted by molar-refractivity contribution is 5.85. The Morgan fingerprint density at radius 3 is 2.43 bits per heavy atom. The molecule has 2 N–H and O–H groups in total. The summed E-state index contributed by atoms with van der Waals surface area (Å²) in [6.45, 7) is 10.4. The van der Waals surface area contributed by atoms with Crippen LogP contribution in [0.15, 0.2) is 18.2 Å². The standard InChI is InChI=1S/C19H28FN3O4.ClH/c1-12-9-21-10-13(2)23(12)18(25)26-11-14-8-15(6-7-16(14)20)27-17(24)22-19(3,4)5;/h6-8,12-13,21H,9-11H2,1-5H3,(H,22,24);1H. The highest BCUT2D eigenvalue weighted by atomic mass is 35.5. The Morgan fingerprint density at radius 1 is 1.25 bits per heavy atom. The van der Waals surface area contributed by atoms with Crippen molar-refractivity contribution >= 4 is 24.6 Å². The van der Waals surface area contributed by atoms with Gasteiger partial charge < -0.3 is 25.0 Å². The molecule has 1 aliphatic heterocycles. The lowest BCUT2D eigenvalue weighted by molar-refractivity contribution is 0.0557. The number of amides is 2. The molecule has 1 aromatic rings. The molecule has 1 aromatic carbocycles. The molecular weight excluding hydrogens is 389 g/mol. The molecule has 9 heteroatoms. The van der Waals surface area contributed by atoms with Crippen molar-refractivity contribution in [1.82, 2.24) is 15.5 Å². The van der Waals surface area contributed by atoms with Gasteiger partial charge in [0, 0.05) is 36.3 Å². The van der Waals surface area contributed by atoms with Gasteiger partial charge in [0.1, 0.15) is 18.2 Å². The number of carbonyl (C=O) groups is 2. The average molecular weight is 418 g/mol. The number of rotatable bonds is 3. The van der Waals surface area contributed by atoms with Crippen LogP contribution in [0.25, 0.3) is 0 Å². The number of halogens is 2. The summed E-state index contributed by atoms with van der Waals surface area (Å²) in [5.74, 6) is -0.360. The maximum absolute atomic E-state index is 14.1. The summed E-state index contributed by atoms with van der Waals surface area (Å²) in [5.41, 5.74) is -0.313. The van der Waals surface area contributed by atoms with Crippen molar-refractivity contribution < 1.29 is 23.5 Å². The summed E-state index contributed by atoms with van der Waals surface area (Å²) in [4.78, 5) is 25.9. The third kappa shape index (κ3) is 6.83. The molecule has 28 heavy (non-hydrogen) atoms. The van der Waals surface area contributed by atoms with E-state index in [1.165, 1.54) is 18.2 Å². The van der Waals surface area contributed by atoms with Gasteiger partial charge in [0.15, 0.2) is 0 Å². The van der Waals surface area contributed by atoms with Crippen LogP contribution in [-0.2, 0) is 11.3 Å². The van der Waals surface area contributed by atoms with Crippen LogP contribution in [0.5, 0.6) is 5.75 Å². The van der Waals surface area contributed by atoms with Crippen LogP contribution >= 0.6 is 12.4 Å². The predicted octanol–water partition coefficient (Wildman–Crippen LogP) is 3.45. The van der Waals surface area contributed by atoms with Crippen LogP contribution < -0.4 is 15.4 Å². The van der Waals surface area contributed by atoms with E-state index in [0.717, 1.165) is 0 Å². The van der Waals surface area contributed by atoms with Crippen LogP contribution in [0.1, 0.15) is 40.2 Å². The first-order valence-corrected chi connectivity index (χ1v) is 9.01. The highest BCUT2D eigenvalue weighted by Crippen LogP contribution is 2.19. The molecule has 0 spiro atoms. The van der Waals surface area contributed by atoms with E-state index in [9.17, 15) is 14.0 Å². The zero-order valence-corrected chi connectivity index (χ0v) is 17.7. The molecule has 1 heterocycles. The molecule has 2 atom stereocenters. The number of piperazine rings is 1. The van der Waals surface area contributed by atoms with Gasteiger partial charge in [-0.2, -0.15) is 0 Å². The van der Waals surface area contributed by atoms with E-state index >= 15 is 0 Å². The Hall–Kier alpha value is -2.06. The summed E-state index contributed by atoms with van der Waals surface area (Å²) in [5, 5.41) is 5.88. The Kier molecular flexibility index (Phi) is 8.50. The number of ether oxygens (including phenoxy) is 2. The number of nitrogens with zero attached hydrogens (tertiary/aromatic N) is 1. The largest absolute Gasteiger partial charge is 0.444 e. The lowest BCUT2D eigenvalue weighted by atomic mass is 10.1. The third-order valence-corrected chi connectivity index (χ3v) is 4.10. The minimum atomic E-state index is -0.638. The van der Waals surface area contributed by atoms with E-state index in [4.69, 9.17) is 9.47 Å². The quantitative estimate of drug-likeness (QED) is 0.787. The van der Waals surface area contributed by atoms with Gasteiger partial charge in [0.2, 0.25) is 0 Å². The molecule has 2 unspecified atom stereocenters. The number of hydrogen-bond acceptors (Lipinski definition) is 5. The summed E-state index contributed by atoms with van der Waals surface area (Å²) < 4.78 is 24.5. The maximum Gasteiger partial charge on any atom is 0.413 e. The van der Waals surface area contributed by atoms with Crippen LogP contribution in [0.3, 0.4) is 0 Å². The number of hydrogen-bond donors (Lipinski definition) is 2. The molecule has 0 radical (unpaired) electrons. The smallest absolute Gasteiger partial charge is 0.413 e. The van der Waals surface area contributed by atoms with Gasteiger partial charge in [-0.15, -0.1) is 12.4 Å². The van der Waals surface area contributed by atoms with Crippen molar-refractivity contribution in [3.8, 4) is 5.75 Å². The highest BCUT2D eigenvalue weighted by Gasteiger charge is 2.30. The molecule has 1 aliphatic rings. The van der Waals surface area contributed by atoms with Crippen LogP contribution in [-0.4, -0.2) is 47.8 Å². The van der Waals surface area contributed by atoms with Gasteiger partial charge in [-0.05, 0) is 52.8 Å². The number of nitrogens with one attached hydrogen (secondary N) is 2. The SMILES string of the molecule is CC1CNCC(C)N1C(=O)OCc1cc(OC(=O)NC(C)(C)C)ccc1F.Cl. The second-order valence-corrected chi connectivity index (χ2v) is 7.84. The van der Waals surface area contributed by atoms with E-state index in [-0.39, 0.29) is 42.4 Å². The van der Waals surface area contributed by atoms with Gasteiger partial charge in [-0.3, -0.25) is 0 Å². The third-order valence-electron chi connectivity index (χ3n) is 4.10. The number of carbonyl (C=O) groups excluding carboxylic acids is 2. The van der Waals surface area contributed by atoms with Crippen LogP contribution in [0.2, 0.25) is 0 Å². The van der Waals surface area contributed by atoms with E-state index in [0.29, 0.717) is 13.1 Å². The first-order chi connectivity index (χ1) is 12.6. The van der Waals surface area contributed by atoms with Crippen molar-refractivity contribution in [2.24, 2.45) is 0 Å². The van der Waals surface area contributed by atoms with Crippen LogP contribution in [0, 0.1) is 5.82 Å². The predicted molar refractivity (Wildman–Crippen MR) is 106 cm³/mol. The molecule has 0 aliphatic carbocycles. The molecule has 0 bridgehead atoms. The lowest BCUT2D eigenvalue weighted by Gasteiger charge is -2.38.